The van der Waals surface area contributed by atoms with Crippen molar-refractivity contribution in [3.8, 4) is 0 Å². The number of hydrogen-bond donors (Lipinski definition) is 3. The van der Waals surface area contributed by atoms with Crippen molar-refractivity contribution in [2.75, 3.05) is 19.7 Å². The minimum atomic E-state index is 0.00506. The Bertz CT molecular complexity index is 249. The minimum Gasteiger partial charge on any atom is -0.396 e. The lowest BCUT2D eigenvalue weighted by molar-refractivity contribution is 0.136. The van der Waals surface area contributed by atoms with Crippen LogP contribution in [0.25, 0.3) is 0 Å². The minimum absolute atomic E-state index is 0.00506. The van der Waals surface area contributed by atoms with Gasteiger partial charge in [-0.1, -0.05) is 26.7 Å². The number of rotatable bonds is 5. The second-order valence-electron chi connectivity index (χ2n) is 6.96. The first kappa shape index (κ1) is 14.3. The van der Waals surface area contributed by atoms with Gasteiger partial charge >= 0.3 is 0 Å². The predicted molar refractivity (Wildman–Crippen MR) is 75.6 cm³/mol. The summed E-state index contributed by atoms with van der Waals surface area (Å²) in [5.74, 6) is 0.802. The van der Waals surface area contributed by atoms with Crippen LogP contribution in [0, 0.1) is 11.3 Å². The lowest BCUT2D eigenvalue weighted by atomic mass is 9.78. The third-order valence-corrected chi connectivity index (χ3v) is 4.71. The molecule has 1 heterocycles. The number of aliphatic hydroxyl groups excluding tert-OH is 1. The van der Waals surface area contributed by atoms with Crippen LogP contribution in [0.5, 0.6) is 0 Å². The highest BCUT2D eigenvalue weighted by molar-refractivity contribution is 4.92. The van der Waals surface area contributed by atoms with E-state index < -0.39 is 0 Å². The van der Waals surface area contributed by atoms with Gasteiger partial charge in [0.1, 0.15) is 0 Å². The summed E-state index contributed by atoms with van der Waals surface area (Å²) in [6, 6.07) is 1.39. The van der Waals surface area contributed by atoms with Gasteiger partial charge in [0.25, 0.3) is 0 Å². The fraction of sp³-hybridized carbons (Fsp3) is 1.00. The summed E-state index contributed by atoms with van der Waals surface area (Å²) in [5, 5.41) is 16.8. The van der Waals surface area contributed by atoms with Crippen LogP contribution in [0.4, 0.5) is 0 Å². The van der Waals surface area contributed by atoms with E-state index in [2.05, 4.69) is 24.5 Å². The molecule has 3 atom stereocenters. The Morgan fingerprint density at radius 1 is 1.17 bits per heavy atom. The maximum Gasteiger partial charge on any atom is 0.0494 e. The summed E-state index contributed by atoms with van der Waals surface area (Å²) < 4.78 is 0. The fourth-order valence-electron chi connectivity index (χ4n) is 3.43. The molecule has 1 aliphatic heterocycles. The van der Waals surface area contributed by atoms with E-state index in [1.54, 1.807) is 0 Å². The summed E-state index contributed by atoms with van der Waals surface area (Å²) in [6.07, 6.45) is 8.13. The van der Waals surface area contributed by atoms with Gasteiger partial charge in [0, 0.05) is 30.7 Å². The summed E-state index contributed by atoms with van der Waals surface area (Å²) in [7, 11) is 0. The Morgan fingerprint density at radius 2 is 1.94 bits per heavy atom. The molecule has 2 rings (SSSR count). The quantitative estimate of drug-likeness (QED) is 0.702. The van der Waals surface area contributed by atoms with E-state index in [4.69, 9.17) is 0 Å². The summed E-state index contributed by atoms with van der Waals surface area (Å²) >= 11 is 0. The van der Waals surface area contributed by atoms with Gasteiger partial charge in [0.2, 0.25) is 0 Å². The molecule has 0 aromatic rings. The Balaban J connectivity index is 1.87. The van der Waals surface area contributed by atoms with Gasteiger partial charge in [-0.05, 0) is 38.1 Å². The Hall–Kier alpha value is -0.120. The zero-order chi connectivity index (χ0) is 13.0. The molecule has 0 bridgehead atoms. The molecule has 3 nitrogen and oxygen atoms in total. The maximum atomic E-state index is 9.35. The van der Waals surface area contributed by atoms with Gasteiger partial charge in [0.05, 0.1) is 0 Å². The highest BCUT2D eigenvalue weighted by atomic mass is 16.3. The van der Waals surface area contributed by atoms with Crippen LogP contribution in [-0.2, 0) is 0 Å². The lowest BCUT2D eigenvalue weighted by Gasteiger charge is -2.38. The molecule has 3 unspecified atom stereocenters. The average Bonchev–Trinajstić information content (AvgIpc) is 2.91. The zero-order valence-electron chi connectivity index (χ0n) is 12.0. The van der Waals surface area contributed by atoms with Crippen LogP contribution in [0.2, 0.25) is 0 Å². The first-order valence-electron chi connectivity index (χ1n) is 7.70. The molecule has 18 heavy (non-hydrogen) atoms. The van der Waals surface area contributed by atoms with Crippen LogP contribution in [0.1, 0.15) is 52.4 Å². The Labute approximate surface area is 112 Å². The molecule has 1 saturated heterocycles. The van der Waals surface area contributed by atoms with Crippen LogP contribution >= 0.6 is 0 Å². The Morgan fingerprint density at radius 3 is 2.61 bits per heavy atom. The summed E-state index contributed by atoms with van der Waals surface area (Å²) in [4.78, 5) is 0. The number of hydrogen-bond acceptors (Lipinski definition) is 3. The molecule has 0 spiro atoms. The molecule has 0 aromatic carbocycles. The molecule has 1 aliphatic carbocycles. The molecular formula is C15H30N2O. The van der Waals surface area contributed by atoms with Crippen molar-refractivity contribution in [3.63, 3.8) is 0 Å². The third kappa shape index (κ3) is 3.69. The van der Waals surface area contributed by atoms with Gasteiger partial charge in [-0.25, -0.2) is 0 Å². The van der Waals surface area contributed by atoms with Crippen molar-refractivity contribution in [2.45, 2.75) is 64.5 Å². The first-order valence-corrected chi connectivity index (χ1v) is 7.70. The van der Waals surface area contributed by atoms with Gasteiger partial charge < -0.3 is 15.7 Å². The summed E-state index contributed by atoms with van der Waals surface area (Å²) in [5.41, 5.74) is 0.00506. The van der Waals surface area contributed by atoms with Gasteiger partial charge in [-0.3, -0.25) is 0 Å². The second kappa shape index (κ2) is 6.36. The second-order valence-corrected chi connectivity index (χ2v) is 6.96. The standard InChI is InChI=1S/C15H30N2O/c1-15(2,11-18)10-17-14-7-4-3-6-12(14)13-8-5-9-16-13/h12-14,16-18H,3-11H2,1-2H3. The Kier molecular flexibility index (Phi) is 5.05. The molecule has 0 amide bonds. The third-order valence-electron chi connectivity index (χ3n) is 4.71. The van der Waals surface area contributed by atoms with Gasteiger partial charge in [-0.15, -0.1) is 0 Å². The van der Waals surface area contributed by atoms with E-state index in [-0.39, 0.29) is 12.0 Å². The van der Waals surface area contributed by atoms with Crippen molar-refractivity contribution in [1.82, 2.24) is 10.6 Å². The van der Waals surface area contributed by atoms with Crippen LogP contribution < -0.4 is 10.6 Å². The van der Waals surface area contributed by atoms with Crippen molar-refractivity contribution in [2.24, 2.45) is 11.3 Å². The molecule has 3 N–H and O–H groups in total. The van der Waals surface area contributed by atoms with Crippen LogP contribution in [0.3, 0.4) is 0 Å². The molecule has 1 saturated carbocycles. The van der Waals surface area contributed by atoms with Crippen LogP contribution in [0.15, 0.2) is 0 Å². The maximum absolute atomic E-state index is 9.35. The monoisotopic (exact) mass is 254 g/mol. The topological polar surface area (TPSA) is 44.3 Å². The average molecular weight is 254 g/mol. The molecule has 2 fully saturated rings. The van der Waals surface area contributed by atoms with Crippen molar-refractivity contribution >= 4 is 0 Å². The number of nitrogens with one attached hydrogen (secondary N) is 2. The highest BCUT2D eigenvalue weighted by Crippen LogP contribution is 2.31. The smallest absolute Gasteiger partial charge is 0.0494 e. The molecule has 0 radical (unpaired) electrons. The summed E-state index contributed by atoms with van der Waals surface area (Å²) in [6.45, 7) is 6.66. The van der Waals surface area contributed by atoms with Gasteiger partial charge in [-0.2, -0.15) is 0 Å². The van der Waals surface area contributed by atoms with E-state index in [0.29, 0.717) is 6.04 Å². The number of aliphatic hydroxyl groups is 1. The molecular weight excluding hydrogens is 224 g/mol. The van der Waals surface area contributed by atoms with Gasteiger partial charge in [0.15, 0.2) is 0 Å². The first-order chi connectivity index (χ1) is 8.62. The van der Waals surface area contributed by atoms with Crippen molar-refractivity contribution < 1.29 is 5.11 Å². The normalized spacial score (nSPS) is 33.8. The highest BCUT2D eigenvalue weighted by Gasteiger charge is 2.33. The predicted octanol–water partition coefficient (Wildman–Crippen LogP) is 1.91. The lowest BCUT2D eigenvalue weighted by Crippen LogP contribution is -2.49. The molecule has 2 aliphatic rings. The molecule has 0 aromatic heterocycles. The van der Waals surface area contributed by atoms with Crippen LogP contribution in [-0.4, -0.2) is 36.9 Å². The van der Waals surface area contributed by atoms with Crippen molar-refractivity contribution in [1.29, 1.82) is 0 Å². The zero-order valence-corrected chi connectivity index (χ0v) is 12.0. The SMILES string of the molecule is CC(C)(CO)CNC1CCCCC1C1CCCN1. The van der Waals surface area contributed by atoms with E-state index in [1.165, 1.54) is 45.1 Å². The van der Waals surface area contributed by atoms with E-state index in [1.807, 2.05) is 0 Å². The van der Waals surface area contributed by atoms with E-state index in [9.17, 15) is 5.11 Å². The van der Waals surface area contributed by atoms with E-state index in [0.717, 1.165) is 18.5 Å². The molecule has 3 heteroatoms. The molecule has 106 valence electrons. The van der Waals surface area contributed by atoms with E-state index >= 15 is 0 Å². The largest absolute Gasteiger partial charge is 0.396 e. The van der Waals surface area contributed by atoms with Crippen molar-refractivity contribution in [3.05, 3.63) is 0 Å². The fourth-order valence-corrected chi connectivity index (χ4v) is 3.43.